The first-order valence-electron chi connectivity index (χ1n) is 10.6. The van der Waals surface area contributed by atoms with Crippen LogP contribution in [0.25, 0.3) is 16.6 Å². The second-order valence-electron chi connectivity index (χ2n) is 7.74. The van der Waals surface area contributed by atoms with E-state index in [1.54, 1.807) is 24.3 Å². The highest BCUT2D eigenvalue weighted by molar-refractivity contribution is 7.98. The summed E-state index contributed by atoms with van der Waals surface area (Å²) in [6.07, 6.45) is 0. The van der Waals surface area contributed by atoms with Crippen molar-refractivity contribution in [1.29, 1.82) is 0 Å². The van der Waals surface area contributed by atoms with E-state index in [1.807, 2.05) is 6.07 Å². The Morgan fingerprint density at radius 2 is 1.68 bits per heavy atom. The van der Waals surface area contributed by atoms with E-state index < -0.39 is 11.4 Å². The molecule has 176 valence electrons. The monoisotopic (exact) mass is 480 g/mol. The van der Waals surface area contributed by atoms with E-state index in [2.05, 4.69) is 26.0 Å². The Kier molecular flexibility index (Phi) is 6.79. The summed E-state index contributed by atoms with van der Waals surface area (Å²) in [5.74, 6) is 0.955. The fourth-order valence-electron chi connectivity index (χ4n) is 3.75. The fourth-order valence-corrected chi connectivity index (χ4v) is 4.69. The average molecular weight is 481 g/mol. The van der Waals surface area contributed by atoms with Crippen LogP contribution in [-0.4, -0.2) is 30.9 Å². The summed E-state index contributed by atoms with van der Waals surface area (Å²) in [6, 6.07) is 13.9. The smallest absolute Gasteiger partial charge is 0.267 e. The Bertz CT molecular complexity index is 1430. The largest absolute Gasteiger partial charge is 0.493 e. The van der Waals surface area contributed by atoms with Crippen molar-refractivity contribution in [3.8, 4) is 22.9 Å². The van der Waals surface area contributed by atoms with Crippen LogP contribution in [0.5, 0.6) is 17.2 Å². The molecular weight excluding hydrogens is 455 g/mol. The highest BCUT2D eigenvalue weighted by Gasteiger charge is 2.23. The van der Waals surface area contributed by atoms with Gasteiger partial charge in [-0.05, 0) is 48.7 Å². The first-order chi connectivity index (χ1) is 16.4. The van der Waals surface area contributed by atoms with Crippen molar-refractivity contribution >= 4 is 22.7 Å². The van der Waals surface area contributed by atoms with Gasteiger partial charge in [-0.2, -0.15) is 0 Å². The molecule has 6 nitrogen and oxygen atoms in total. The second kappa shape index (κ2) is 9.77. The molecule has 0 amide bonds. The van der Waals surface area contributed by atoms with Gasteiger partial charge in [-0.1, -0.05) is 42.1 Å². The molecule has 0 aliphatic rings. The summed E-state index contributed by atoms with van der Waals surface area (Å²) >= 11 is 1.35. The van der Waals surface area contributed by atoms with E-state index in [0.29, 0.717) is 27.9 Å². The number of thioether (sulfide) groups is 1. The Morgan fingerprint density at radius 3 is 2.32 bits per heavy atom. The molecule has 0 saturated carbocycles. The Labute approximate surface area is 201 Å². The normalized spacial score (nSPS) is 11.0. The number of aryl methyl sites for hydroxylation is 2. The lowest BCUT2D eigenvalue weighted by Gasteiger charge is -2.18. The number of methoxy groups -OCH3 is 3. The van der Waals surface area contributed by atoms with Gasteiger partial charge in [-0.25, -0.2) is 9.37 Å². The third-order valence-corrected chi connectivity index (χ3v) is 6.68. The molecule has 0 fully saturated rings. The first kappa shape index (κ1) is 23.6. The second-order valence-corrected chi connectivity index (χ2v) is 8.68. The minimum atomic E-state index is -0.522. The molecule has 34 heavy (non-hydrogen) atoms. The van der Waals surface area contributed by atoms with Crippen molar-refractivity contribution in [3.05, 3.63) is 81.4 Å². The standard InChI is InChI=1S/C26H25FN2O4S/c1-15-10-11-17(12-16(15)2)14-34-26-28-22-18(13-21(31-3)23(32-4)24(22)33-5)25(30)29(26)20-9-7-6-8-19(20)27/h6-13H,14H2,1-5H3. The van der Waals surface area contributed by atoms with Crippen LogP contribution < -0.4 is 19.8 Å². The van der Waals surface area contributed by atoms with Crippen LogP contribution in [0.3, 0.4) is 0 Å². The van der Waals surface area contributed by atoms with Crippen LogP contribution >= 0.6 is 11.8 Å². The molecule has 0 N–H and O–H groups in total. The molecule has 0 unspecified atom stereocenters. The molecule has 0 saturated heterocycles. The molecular formula is C26H25FN2O4S. The Balaban J connectivity index is 1.97. The van der Waals surface area contributed by atoms with Gasteiger partial charge in [0.2, 0.25) is 5.75 Å². The van der Waals surface area contributed by atoms with Crippen molar-refractivity contribution < 1.29 is 18.6 Å². The highest BCUT2D eigenvalue weighted by atomic mass is 32.2. The molecule has 1 heterocycles. The molecule has 3 aromatic carbocycles. The molecule has 0 bridgehead atoms. The lowest BCUT2D eigenvalue weighted by atomic mass is 10.1. The number of para-hydroxylation sites is 1. The summed E-state index contributed by atoms with van der Waals surface area (Å²) in [4.78, 5) is 18.5. The summed E-state index contributed by atoms with van der Waals surface area (Å²) in [5, 5.41) is 0.569. The van der Waals surface area contributed by atoms with Crippen LogP contribution in [0, 0.1) is 19.7 Å². The van der Waals surface area contributed by atoms with Gasteiger partial charge >= 0.3 is 0 Å². The number of benzene rings is 3. The topological polar surface area (TPSA) is 62.6 Å². The van der Waals surface area contributed by atoms with Gasteiger partial charge < -0.3 is 14.2 Å². The highest BCUT2D eigenvalue weighted by Crippen LogP contribution is 2.42. The van der Waals surface area contributed by atoms with Crippen LogP contribution in [-0.2, 0) is 5.75 Å². The lowest BCUT2D eigenvalue weighted by Crippen LogP contribution is -2.23. The maximum absolute atomic E-state index is 14.8. The molecule has 0 aliphatic heterocycles. The molecule has 4 rings (SSSR count). The third kappa shape index (κ3) is 4.21. The number of ether oxygens (including phenoxy) is 3. The molecule has 0 spiro atoms. The third-order valence-electron chi connectivity index (χ3n) is 5.67. The molecule has 1 aromatic heterocycles. The van der Waals surface area contributed by atoms with Crippen LogP contribution in [0.4, 0.5) is 4.39 Å². The predicted octanol–water partition coefficient (Wildman–Crippen LogP) is 5.46. The Hall–Kier alpha value is -3.52. The zero-order valence-corrected chi connectivity index (χ0v) is 20.5. The predicted molar refractivity (Wildman–Crippen MR) is 132 cm³/mol. The van der Waals surface area contributed by atoms with Gasteiger partial charge in [-0.3, -0.25) is 9.36 Å². The van der Waals surface area contributed by atoms with E-state index >= 15 is 0 Å². The minimum absolute atomic E-state index is 0.123. The van der Waals surface area contributed by atoms with Gasteiger partial charge in [0, 0.05) is 5.75 Å². The van der Waals surface area contributed by atoms with E-state index in [9.17, 15) is 9.18 Å². The summed E-state index contributed by atoms with van der Waals surface area (Å²) in [5.41, 5.74) is 3.46. The van der Waals surface area contributed by atoms with Gasteiger partial charge in [0.25, 0.3) is 5.56 Å². The van der Waals surface area contributed by atoms with Gasteiger partial charge in [0.05, 0.1) is 32.4 Å². The zero-order chi connectivity index (χ0) is 24.4. The number of nitrogens with zero attached hydrogens (tertiary/aromatic N) is 2. The average Bonchev–Trinajstić information content (AvgIpc) is 2.84. The maximum Gasteiger partial charge on any atom is 0.267 e. The number of rotatable bonds is 7. The van der Waals surface area contributed by atoms with Gasteiger partial charge in [-0.15, -0.1) is 0 Å². The van der Waals surface area contributed by atoms with Crippen molar-refractivity contribution in [2.75, 3.05) is 21.3 Å². The number of aromatic nitrogens is 2. The molecule has 4 aromatic rings. The number of hydrogen-bond donors (Lipinski definition) is 0. The van der Waals surface area contributed by atoms with Crippen molar-refractivity contribution in [2.45, 2.75) is 24.8 Å². The van der Waals surface area contributed by atoms with E-state index in [4.69, 9.17) is 19.2 Å². The van der Waals surface area contributed by atoms with E-state index in [-0.39, 0.29) is 16.8 Å². The lowest BCUT2D eigenvalue weighted by molar-refractivity contribution is 0.326. The van der Waals surface area contributed by atoms with Gasteiger partial charge in [0.15, 0.2) is 16.7 Å². The van der Waals surface area contributed by atoms with Crippen molar-refractivity contribution in [2.24, 2.45) is 0 Å². The van der Waals surface area contributed by atoms with Crippen LogP contribution in [0.1, 0.15) is 16.7 Å². The van der Waals surface area contributed by atoms with E-state index in [0.717, 1.165) is 5.56 Å². The molecule has 0 radical (unpaired) electrons. The quantitative estimate of drug-likeness (QED) is 0.259. The van der Waals surface area contributed by atoms with Crippen LogP contribution in [0.2, 0.25) is 0 Å². The molecule has 0 aliphatic carbocycles. The fraction of sp³-hybridized carbons (Fsp3) is 0.231. The molecule has 0 atom stereocenters. The number of hydrogen-bond acceptors (Lipinski definition) is 6. The zero-order valence-electron chi connectivity index (χ0n) is 19.6. The number of fused-ring (bicyclic) bond motifs is 1. The first-order valence-corrected chi connectivity index (χ1v) is 11.6. The summed E-state index contributed by atoms with van der Waals surface area (Å²) < 4.78 is 32.6. The SMILES string of the molecule is COc1cc2c(=O)n(-c3ccccc3F)c(SCc3ccc(C)c(C)c3)nc2c(OC)c1OC. The Morgan fingerprint density at radius 1 is 0.941 bits per heavy atom. The maximum atomic E-state index is 14.8. The number of halogens is 1. The van der Waals surface area contributed by atoms with E-state index in [1.165, 1.54) is 54.9 Å². The van der Waals surface area contributed by atoms with Gasteiger partial charge in [0.1, 0.15) is 11.3 Å². The minimum Gasteiger partial charge on any atom is -0.493 e. The summed E-state index contributed by atoms with van der Waals surface area (Å²) in [6.45, 7) is 4.11. The summed E-state index contributed by atoms with van der Waals surface area (Å²) in [7, 11) is 4.44. The van der Waals surface area contributed by atoms with Crippen molar-refractivity contribution in [3.63, 3.8) is 0 Å². The molecule has 8 heteroatoms. The van der Waals surface area contributed by atoms with Crippen molar-refractivity contribution in [1.82, 2.24) is 9.55 Å². The van der Waals surface area contributed by atoms with Crippen LogP contribution in [0.15, 0.2) is 58.5 Å².